The SMILES string of the molecule is Cc1cccc(-c2cccc(-c3cc(C4=CCCC=C4)nc(-c4ccccc4)c3)c2)c1. The second-order valence-electron chi connectivity index (χ2n) is 8.08. The normalized spacial score (nSPS) is 13.1. The van der Waals surface area contributed by atoms with Gasteiger partial charge in [-0.1, -0.05) is 96.6 Å². The van der Waals surface area contributed by atoms with Crippen LogP contribution in [0.2, 0.25) is 0 Å². The molecule has 1 heterocycles. The first-order valence-electron chi connectivity index (χ1n) is 10.9. The van der Waals surface area contributed by atoms with Gasteiger partial charge >= 0.3 is 0 Å². The summed E-state index contributed by atoms with van der Waals surface area (Å²) in [5, 5.41) is 0. The van der Waals surface area contributed by atoms with Crippen molar-refractivity contribution in [1.82, 2.24) is 4.98 Å². The predicted octanol–water partition coefficient (Wildman–Crippen LogP) is 8.12. The molecule has 0 saturated heterocycles. The summed E-state index contributed by atoms with van der Waals surface area (Å²) >= 11 is 0. The van der Waals surface area contributed by atoms with Gasteiger partial charge in [0.2, 0.25) is 0 Å². The zero-order valence-electron chi connectivity index (χ0n) is 17.8. The molecule has 4 aromatic rings. The molecule has 150 valence electrons. The minimum absolute atomic E-state index is 1.01. The average Bonchev–Trinajstić information content (AvgIpc) is 2.85. The Bertz CT molecular complexity index is 1280. The molecule has 0 saturated carbocycles. The highest BCUT2D eigenvalue weighted by atomic mass is 14.7. The zero-order valence-corrected chi connectivity index (χ0v) is 17.8. The Hall–Kier alpha value is -3.71. The molecular weight excluding hydrogens is 374 g/mol. The van der Waals surface area contributed by atoms with E-state index >= 15 is 0 Å². The summed E-state index contributed by atoms with van der Waals surface area (Å²) < 4.78 is 0. The number of nitrogens with zero attached hydrogens (tertiary/aromatic N) is 1. The molecule has 0 fully saturated rings. The van der Waals surface area contributed by atoms with Crippen molar-refractivity contribution in [2.24, 2.45) is 0 Å². The Morgan fingerprint density at radius 2 is 1.26 bits per heavy atom. The first-order valence-corrected chi connectivity index (χ1v) is 10.9. The van der Waals surface area contributed by atoms with Gasteiger partial charge < -0.3 is 0 Å². The summed E-state index contributed by atoms with van der Waals surface area (Å²) in [5.41, 5.74) is 10.5. The van der Waals surface area contributed by atoms with Crippen LogP contribution in [0.15, 0.2) is 109 Å². The number of aryl methyl sites for hydroxylation is 1. The van der Waals surface area contributed by atoms with E-state index in [0.717, 1.165) is 29.8 Å². The third-order valence-electron chi connectivity index (χ3n) is 5.73. The molecule has 0 unspecified atom stereocenters. The van der Waals surface area contributed by atoms with Gasteiger partial charge in [0.25, 0.3) is 0 Å². The number of pyridine rings is 1. The number of aromatic nitrogens is 1. The summed E-state index contributed by atoms with van der Waals surface area (Å²) in [5.74, 6) is 0. The largest absolute Gasteiger partial charge is 0.248 e. The van der Waals surface area contributed by atoms with Gasteiger partial charge in [0.15, 0.2) is 0 Å². The molecule has 0 atom stereocenters. The van der Waals surface area contributed by atoms with E-state index in [1.54, 1.807) is 0 Å². The van der Waals surface area contributed by atoms with Crippen molar-refractivity contribution >= 4 is 5.57 Å². The summed E-state index contributed by atoms with van der Waals surface area (Å²) in [4.78, 5) is 5.03. The second-order valence-corrected chi connectivity index (χ2v) is 8.08. The molecule has 0 aliphatic heterocycles. The maximum atomic E-state index is 5.03. The minimum Gasteiger partial charge on any atom is -0.248 e. The molecule has 1 heteroatoms. The third kappa shape index (κ3) is 4.27. The van der Waals surface area contributed by atoms with Gasteiger partial charge in [-0.3, -0.25) is 0 Å². The van der Waals surface area contributed by atoms with Crippen molar-refractivity contribution in [1.29, 1.82) is 0 Å². The van der Waals surface area contributed by atoms with Gasteiger partial charge in [0.1, 0.15) is 0 Å². The number of hydrogen-bond donors (Lipinski definition) is 0. The van der Waals surface area contributed by atoms with Crippen LogP contribution in [0, 0.1) is 6.92 Å². The maximum absolute atomic E-state index is 5.03. The fourth-order valence-corrected chi connectivity index (χ4v) is 4.11. The topological polar surface area (TPSA) is 12.9 Å². The Balaban J connectivity index is 1.64. The van der Waals surface area contributed by atoms with Crippen LogP contribution >= 0.6 is 0 Å². The first kappa shape index (κ1) is 19.3. The van der Waals surface area contributed by atoms with E-state index in [-0.39, 0.29) is 0 Å². The van der Waals surface area contributed by atoms with Gasteiger partial charge in [-0.15, -0.1) is 0 Å². The van der Waals surface area contributed by atoms with Gasteiger partial charge in [-0.25, -0.2) is 4.98 Å². The predicted molar refractivity (Wildman–Crippen MR) is 132 cm³/mol. The minimum atomic E-state index is 1.01. The maximum Gasteiger partial charge on any atom is 0.0715 e. The average molecular weight is 400 g/mol. The molecular formula is C30H25N. The first-order chi connectivity index (χ1) is 15.3. The lowest BCUT2D eigenvalue weighted by atomic mass is 9.95. The van der Waals surface area contributed by atoms with E-state index in [0.29, 0.717) is 0 Å². The molecule has 0 spiro atoms. The smallest absolute Gasteiger partial charge is 0.0715 e. The summed E-state index contributed by atoms with van der Waals surface area (Å²) in [7, 11) is 0. The molecule has 0 bridgehead atoms. The van der Waals surface area contributed by atoms with Crippen molar-refractivity contribution in [3.63, 3.8) is 0 Å². The Morgan fingerprint density at radius 1 is 0.581 bits per heavy atom. The van der Waals surface area contributed by atoms with E-state index in [1.165, 1.54) is 33.4 Å². The quantitative estimate of drug-likeness (QED) is 0.337. The van der Waals surface area contributed by atoms with Crippen LogP contribution in [-0.2, 0) is 0 Å². The van der Waals surface area contributed by atoms with E-state index < -0.39 is 0 Å². The number of benzene rings is 3. The van der Waals surface area contributed by atoms with Crippen molar-refractivity contribution in [3.8, 4) is 33.5 Å². The molecule has 31 heavy (non-hydrogen) atoms. The Morgan fingerprint density at radius 3 is 2.00 bits per heavy atom. The fraction of sp³-hybridized carbons (Fsp3) is 0.100. The third-order valence-corrected chi connectivity index (χ3v) is 5.73. The summed E-state index contributed by atoms with van der Waals surface area (Å²) in [6.07, 6.45) is 8.91. The number of allylic oxidation sites excluding steroid dienone is 4. The van der Waals surface area contributed by atoms with Crippen LogP contribution in [-0.4, -0.2) is 4.98 Å². The molecule has 1 aliphatic carbocycles. The van der Waals surface area contributed by atoms with Crippen LogP contribution in [0.25, 0.3) is 39.1 Å². The van der Waals surface area contributed by atoms with Crippen LogP contribution in [0.1, 0.15) is 24.1 Å². The van der Waals surface area contributed by atoms with Crippen LogP contribution in [0.4, 0.5) is 0 Å². The van der Waals surface area contributed by atoms with Gasteiger partial charge in [-0.05, 0) is 65.8 Å². The lowest BCUT2D eigenvalue weighted by Crippen LogP contribution is -1.95. The van der Waals surface area contributed by atoms with Crippen molar-refractivity contribution in [2.75, 3.05) is 0 Å². The van der Waals surface area contributed by atoms with Gasteiger partial charge in [0, 0.05) is 5.56 Å². The molecule has 1 nitrogen and oxygen atoms in total. The summed E-state index contributed by atoms with van der Waals surface area (Å²) in [6, 6.07) is 32.4. The second kappa shape index (κ2) is 8.57. The number of rotatable bonds is 4. The summed E-state index contributed by atoms with van der Waals surface area (Å²) in [6.45, 7) is 2.14. The van der Waals surface area contributed by atoms with Crippen molar-refractivity contribution < 1.29 is 0 Å². The van der Waals surface area contributed by atoms with E-state index in [1.807, 2.05) is 6.07 Å². The lowest BCUT2D eigenvalue weighted by molar-refractivity contribution is 1.04. The fourth-order valence-electron chi connectivity index (χ4n) is 4.11. The molecule has 0 radical (unpaired) electrons. The molecule has 3 aromatic carbocycles. The van der Waals surface area contributed by atoms with Crippen LogP contribution < -0.4 is 0 Å². The zero-order chi connectivity index (χ0) is 21.0. The van der Waals surface area contributed by atoms with Crippen molar-refractivity contribution in [3.05, 3.63) is 120 Å². The van der Waals surface area contributed by atoms with Crippen LogP contribution in [0.3, 0.4) is 0 Å². The molecule has 1 aromatic heterocycles. The molecule has 0 amide bonds. The van der Waals surface area contributed by atoms with E-state index in [4.69, 9.17) is 4.98 Å². The standard InChI is InChI=1S/C30H25N/c1-22-10-8-15-25(18-22)26-16-9-17-27(19-26)28-20-29(23-11-4-2-5-12-23)31-30(21-28)24-13-6-3-7-14-24/h2,4-6,8-21H,3,7H2,1H3. The highest BCUT2D eigenvalue weighted by Gasteiger charge is 2.11. The molecule has 1 aliphatic rings. The highest BCUT2D eigenvalue weighted by Crippen LogP contribution is 2.32. The highest BCUT2D eigenvalue weighted by molar-refractivity contribution is 5.81. The molecule has 0 N–H and O–H groups in total. The van der Waals surface area contributed by atoms with E-state index in [2.05, 4.69) is 110 Å². The Labute approximate surface area is 184 Å². The lowest BCUT2D eigenvalue weighted by Gasteiger charge is -2.13. The van der Waals surface area contributed by atoms with E-state index in [9.17, 15) is 0 Å². The van der Waals surface area contributed by atoms with Crippen LogP contribution in [0.5, 0.6) is 0 Å². The van der Waals surface area contributed by atoms with Gasteiger partial charge in [-0.2, -0.15) is 0 Å². The van der Waals surface area contributed by atoms with Crippen molar-refractivity contribution in [2.45, 2.75) is 19.8 Å². The van der Waals surface area contributed by atoms with Gasteiger partial charge in [0.05, 0.1) is 11.4 Å². The molecule has 5 rings (SSSR count). The number of hydrogen-bond acceptors (Lipinski definition) is 1. The monoisotopic (exact) mass is 399 g/mol. The Kier molecular flexibility index (Phi) is 5.33.